The molecule has 2 aliphatic rings. The van der Waals surface area contributed by atoms with Crippen LogP contribution in [0.4, 0.5) is 0 Å². The fourth-order valence-corrected chi connectivity index (χ4v) is 4.26. The van der Waals surface area contributed by atoms with Gasteiger partial charge in [-0.25, -0.2) is 0 Å². The van der Waals surface area contributed by atoms with Gasteiger partial charge in [0.2, 0.25) is 0 Å². The van der Waals surface area contributed by atoms with Gasteiger partial charge in [0, 0.05) is 39.8 Å². The molecule has 2 aliphatic heterocycles. The van der Waals surface area contributed by atoms with Gasteiger partial charge in [-0.15, -0.1) is 0 Å². The molecule has 2 fully saturated rings. The van der Waals surface area contributed by atoms with Crippen LogP contribution in [0.1, 0.15) is 56.6 Å². The van der Waals surface area contributed by atoms with Crippen molar-refractivity contribution in [1.29, 1.82) is 0 Å². The monoisotopic (exact) mass is 374 g/mol. The first kappa shape index (κ1) is 20.3. The van der Waals surface area contributed by atoms with Crippen LogP contribution < -0.4 is 0 Å². The third-order valence-electron chi connectivity index (χ3n) is 6.08. The highest BCUT2D eigenvalue weighted by molar-refractivity contribution is 5.86. The molecular formula is C22H34N2O3. The van der Waals surface area contributed by atoms with E-state index in [1.165, 1.54) is 5.56 Å². The Labute approximate surface area is 163 Å². The van der Waals surface area contributed by atoms with Gasteiger partial charge in [-0.3, -0.25) is 9.69 Å². The predicted octanol–water partition coefficient (Wildman–Crippen LogP) is 2.77. The zero-order chi connectivity index (χ0) is 19.4. The van der Waals surface area contributed by atoms with Crippen molar-refractivity contribution in [3.05, 3.63) is 35.4 Å². The minimum atomic E-state index is -1.25. The third kappa shape index (κ3) is 4.89. The van der Waals surface area contributed by atoms with E-state index in [1.807, 2.05) is 4.90 Å². The second kappa shape index (κ2) is 8.72. The van der Waals surface area contributed by atoms with Crippen LogP contribution in [0.5, 0.6) is 0 Å². The number of benzene rings is 1. The summed E-state index contributed by atoms with van der Waals surface area (Å²) in [5, 5.41) is 11.1. The molecule has 2 saturated heterocycles. The predicted molar refractivity (Wildman–Crippen MR) is 107 cm³/mol. The van der Waals surface area contributed by atoms with Crippen molar-refractivity contribution >= 4 is 5.91 Å². The highest BCUT2D eigenvalue weighted by Crippen LogP contribution is 2.27. The van der Waals surface area contributed by atoms with Gasteiger partial charge in [-0.1, -0.05) is 38.1 Å². The number of hydrogen-bond donors (Lipinski definition) is 1. The van der Waals surface area contributed by atoms with E-state index < -0.39 is 5.60 Å². The summed E-state index contributed by atoms with van der Waals surface area (Å²) in [6, 6.07) is 8.48. The van der Waals surface area contributed by atoms with Gasteiger partial charge in [0.05, 0.1) is 6.10 Å². The Hall–Kier alpha value is -1.43. The smallest absolute Gasteiger partial charge is 0.256 e. The number of ether oxygens (including phenoxy) is 1. The first-order chi connectivity index (χ1) is 12.9. The Morgan fingerprint density at radius 1 is 1.19 bits per heavy atom. The van der Waals surface area contributed by atoms with E-state index in [9.17, 15) is 9.90 Å². The highest BCUT2D eigenvalue weighted by atomic mass is 16.5. The molecule has 150 valence electrons. The molecule has 0 bridgehead atoms. The normalized spacial score (nSPS) is 25.4. The maximum absolute atomic E-state index is 13.0. The number of amides is 1. The number of carbonyl (C=O) groups is 1. The summed E-state index contributed by atoms with van der Waals surface area (Å²) in [6.45, 7) is 7.85. The largest absolute Gasteiger partial charge is 0.381 e. The molecule has 27 heavy (non-hydrogen) atoms. The minimum Gasteiger partial charge on any atom is -0.381 e. The maximum atomic E-state index is 13.0. The van der Waals surface area contributed by atoms with E-state index in [4.69, 9.17) is 4.74 Å². The second-order valence-electron chi connectivity index (χ2n) is 8.47. The van der Waals surface area contributed by atoms with Gasteiger partial charge in [-0.2, -0.15) is 0 Å². The maximum Gasteiger partial charge on any atom is 0.256 e. The highest BCUT2D eigenvalue weighted by Gasteiger charge is 2.43. The van der Waals surface area contributed by atoms with Gasteiger partial charge in [0.15, 0.2) is 5.60 Å². The first-order valence-corrected chi connectivity index (χ1v) is 10.3. The van der Waals surface area contributed by atoms with Crippen molar-refractivity contribution in [1.82, 2.24) is 9.80 Å². The SMILES string of the molecule is COC1CCN(CC2(O)CCCN(Cc3ccc(C(C)C)cc3)C2=O)CC1. The van der Waals surface area contributed by atoms with Gasteiger partial charge in [0.25, 0.3) is 5.91 Å². The molecule has 0 saturated carbocycles. The molecule has 1 unspecified atom stereocenters. The lowest BCUT2D eigenvalue weighted by Gasteiger charge is -2.42. The molecule has 1 aromatic carbocycles. The fraction of sp³-hybridized carbons (Fsp3) is 0.682. The Balaban J connectivity index is 1.60. The van der Waals surface area contributed by atoms with Crippen LogP contribution in [-0.2, 0) is 16.1 Å². The average molecular weight is 375 g/mol. The van der Waals surface area contributed by atoms with E-state index in [-0.39, 0.29) is 5.91 Å². The Kier molecular flexibility index (Phi) is 6.56. The van der Waals surface area contributed by atoms with E-state index in [0.29, 0.717) is 31.5 Å². The molecule has 1 atom stereocenters. The molecule has 0 spiro atoms. The zero-order valence-electron chi connectivity index (χ0n) is 17.0. The van der Waals surface area contributed by atoms with Gasteiger partial charge in [-0.05, 0) is 42.7 Å². The third-order valence-corrected chi connectivity index (χ3v) is 6.08. The Bertz CT molecular complexity index is 623. The van der Waals surface area contributed by atoms with Crippen molar-refractivity contribution in [2.45, 2.75) is 63.7 Å². The molecule has 1 aromatic rings. The topological polar surface area (TPSA) is 53.0 Å². The van der Waals surface area contributed by atoms with Crippen LogP contribution in [0, 0.1) is 0 Å². The summed E-state index contributed by atoms with van der Waals surface area (Å²) < 4.78 is 5.42. The van der Waals surface area contributed by atoms with Crippen molar-refractivity contribution in [3.63, 3.8) is 0 Å². The number of β-amino-alcohol motifs (C(OH)–C–C–N with tert-alkyl or cyclic N) is 1. The first-order valence-electron chi connectivity index (χ1n) is 10.3. The minimum absolute atomic E-state index is 0.115. The summed E-state index contributed by atoms with van der Waals surface area (Å²) in [5.74, 6) is 0.388. The fourth-order valence-electron chi connectivity index (χ4n) is 4.26. The van der Waals surface area contributed by atoms with Gasteiger partial charge in [0.1, 0.15) is 0 Å². The molecule has 1 amide bonds. The molecule has 1 N–H and O–H groups in total. The number of nitrogens with zero attached hydrogens (tertiary/aromatic N) is 2. The molecule has 0 aliphatic carbocycles. The molecular weight excluding hydrogens is 340 g/mol. The summed E-state index contributed by atoms with van der Waals surface area (Å²) in [7, 11) is 1.75. The lowest BCUT2D eigenvalue weighted by atomic mass is 9.90. The van der Waals surface area contributed by atoms with Crippen molar-refractivity contribution in [3.8, 4) is 0 Å². The number of likely N-dealkylation sites (tertiary alicyclic amines) is 2. The van der Waals surface area contributed by atoms with Gasteiger partial charge < -0.3 is 14.7 Å². The molecule has 2 heterocycles. The molecule has 0 aromatic heterocycles. The van der Waals surface area contributed by atoms with Crippen LogP contribution in [0.2, 0.25) is 0 Å². The summed E-state index contributed by atoms with van der Waals surface area (Å²) in [4.78, 5) is 17.1. The van der Waals surface area contributed by atoms with Crippen LogP contribution in [0.25, 0.3) is 0 Å². The zero-order valence-corrected chi connectivity index (χ0v) is 17.0. The number of piperidine rings is 2. The number of carbonyl (C=O) groups excluding carboxylic acids is 1. The van der Waals surface area contributed by atoms with Crippen LogP contribution >= 0.6 is 0 Å². The number of hydrogen-bond acceptors (Lipinski definition) is 4. The van der Waals surface area contributed by atoms with Crippen LogP contribution in [0.15, 0.2) is 24.3 Å². The Morgan fingerprint density at radius 2 is 1.85 bits per heavy atom. The second-order valence-corrected chi connectivity index (χ2v) is 8.47. The lowest BCUT2D eigenvalue weighted by Crippen LogP contribution is -2.59. The summed E-state index contributed by atoms with van der Waals surface area (Å²) in [5.41, 5.74) is 1.17. The van der Waals surface area contributed by atoms with E-state index >= 15 is 0 Å². The van der Waals surface area contributed by atoms with Crippen LogP contribution in [-0.4, -0.2) is 65.8 Å². The van der Waals surface area contributed by atoms with E-state index in [2.05, 4.69) is 43.0 Å². The summed E-state index contributed by atoms with van der Waals surface area (Å²) in [6.07, 6.45) is 3.64. The molecule has 5 heteroatoms. The average Bonchev–Trinajstić information content (AvgIpc) is 2.67. The van der Waals surface area contributed by atoms with E-state index in [1.54, 1.807) is 7.11 Å². The Morgan fingerprint density at radius 3 is 2.44 bits per heavy atom. The molecule has 0 radical (unpaired) electrons. The quantitative estimate of drug-likeness (QED) is 0.832. The number of rotatable bonds is 6. The number of methoxy groups -OCH3 is 1. The van der Waals surface area contributed by atoms with Gasteiger partial charge >= 0.3 is 0 Å². The van der Waals surface area contributed by atoms with Crippen molar-refractivity contribution in [2.24, 2.45) is 0 Å². The summed E-state index contributed by atoms with van der Waals surface area (Å²) >= 11 is 0. The van der Waals surface area contributed by atoms with Crippen molar-refractivity contribution < 1.29 is 14.6 Å². The molecule has 3 rings (SSSR count). The van der Waals surface area contributed by atoms with Crippen LogP contribution in [0.3, 0.4) is 0 Å². The standard InChI is InChI=1S/C22H34N2O3/c1-17(2)19-7-5-18(6-8-19)15-24-12-4-11-22(26,21(24)25)16-23-13-9-20(27-3)10-14-23/h5-8,17,20,26H,4,9-16H2,1-3H3. The molecule has 5 nitrogen and oxygen atoms in total. The van der Waals surface area contributed by atoms with Crippen molar-refractivity contribution in [2.75, 3.05) is 33.3 Å². The lowest BCUT2D eigenvalue weighted by molar-refractivity contribution is -0.161. The van der Waals surface area contributed by atoms with E-state index in [0.717, 1.165) is 44.5 Å². The number of aliphatic hydroxyl groups is 1.